The highest BCUT2D eigenvalue weighted by atomic mass is 16.5. The summed E-state index contributed by atoms with van der Waals surface area (Å²) in [7, 11) is 0. The molecule has 0 aromatic heterocycles. The quantitative estimate of drug-likeness (QED) is 0.0395. The summed E-state index contributed by atoms with van der Waals surface area (Å²) in [6, 6.07) is 0. The maximum Gasteiger partial charge on any atom is 0.186 e. The molecule has 0 aliphatic heterocycles. The van der Waals surface area contributed by atoms with Crippen molar-refractivity contribution >= 4 is 0 Å². The van der Waals surface area contributed by atoms with Crippen LogP contribution in [0.5, 0.6) is 0 Å². The van der Waals surface area contributed by atoms with Crippen molar-refractivity contribution in [2.75, 3.05) is 0 Å². The molecule has 0 bridgehead atoms. The predicted octanol–water partition coefficient (Wildman–Crippen LogP) is 15.5. The molecule has 0 fully saturated rings. The number of aliphatic hydroxyl groups is 2. The molecule has 0 aromatic carbocycles. The van der Waals surface area contributed by atoms with Crippen LogP contribution in [0.3, 0.4) is 0 Å². The molecule has 2 heteroatoms. The van der Waals surface area contributed by atoms with Crippen LogP contribution in [0.15, 0.2) is 23.8 Å². The Balaban J connectivity index is 2.21. The Morgan fingerprint density at radius 2 is 0.812 bits per heavy atom. The SMILES string of the molecule is C=C(C)C1CC=C(C(CCCCCCCCCCCCCCCCCC)CCCCCCCCCCCCCCCCCC)C(O)(O)C1. The van der Waals surface area contributed by atoms with Gasteiger partial charge in [-0.1, -0.05) is 238 Å². The maximum absolute atomic E-state index is 11.1. The number of hydrogen-bond acceptors (Lipinski definition) is 2. The monoisotopic (exact) mass is 673 g/mol. The molecule has 2 nitrogen and oxygen atoms in total. The molecule has 1 aliphatic carbocycles. The van der Waals surface area contributed by atoms with E-state index in [0.717, 1.165) is 30.4 Å². The molecule has 2 N–H and O–H groups in total. The van der Waals surface area contributed by atoms with E-state index in [2.05, 4.69) is 26.5 Å². The van der Waals surface area contributed by atoms with Crippen molar-refractivity contribution in [2.24, 2.45) is 11.8 Å². The lowest BCUT2D eigenvalue weighted by Crippen LogP contribution is -2.39. The van der Waals surface area contributed by atoms with Gasteiger partial charge in [0.2, 0.25) is 0 Å². The standard InChI is InChI=1S/C46H88O2/c1-5-7-9-11-13-15-17-19-21-23-25-27-29-31-33-35-37-43(45-40-39-44(42(3)4)41-46(45,47)48)38-36-34-32-30-28-26-24-22-20-18-16-14-12-10-8-6-2/h40,43-44,47-48H,3,5-39,41H2,1-2,4H3. The fraction of sp³-hybridized carbons (Fsp3) is 0.913. The van der Waals surface area contributed by atoms with E-state index in [9.17, 15) is 10.2 Å². The van der Waals surface area contributed by atoms with Gasteiger partial charge in [0.05, 0.1) is 0 Å². The van der Waals surface area contributed by atoms with E-state index in [1.54, 1.807) is 0 Å². The minimum atomic E-state index is -1.66. The molecule has 0 saturated heterocycles. The summed E-state index contributed by atoms with van der Waals surface area (Å²) < 4.78 is 0. The average molecular weight is 673 g/mol. The summed E-state index contributed by atoms with van der Waals surface area (Å²) in [6.07, 6.45) is 50.4. The lowest BCUT2D eigenvalue weighted by atomic mass is 9.74. The first kappa shape index (κ1) is 45.4. The van der Waals surface area contributed by atoms with Crippen LogP contribution < -0.4 is 0 Å². The van der Waals surface area contributed by atoms with Crippen LogP contribution in [0.1, 0.15) is 252 Å². The largest absolute Gasteiger partial charge is 0.362 e. The van der Waals surface area contributed by atoms with E-state index in [-0.39, 0.29) is 5.92 Å². The Labute approximate surface area is 302 Å². The van der Waals surface area contributed by atoms with Crippen molar-refractivity contribution in [3.8, 4) is 0 Å². The van der Waals surface area contributed by atoms with Crippen LogP contribution in [0, 0.1) is 11.8 Å². The van der Waals surface area contributed by atoms with Crippen LogP contribution >= 0.6 is 0 Å². The lowest BCUT2D eigenvalue weighted by molar-refractivity contribution is -0.150. The molecule has 0 radical (unpaired) electrons. The summed E-state index contributed by atoms with van der Waals surface area (Å²) in [4.78, 5) is 0. The van der Waals surface area contributed by atoms with Gasteiger partial charge in [-0.15, -0.1) is 0 Å². The first-order chi connectivity index (χ1) is 23.4. The van der Waals surface area contributed by atoms with Crippen molar-refractivity contribution in [3.05, 3.63) is 23.8 Å². The molecule has 1 rings (SSSR count). The highest BCUT2D eigenvalue weighted by Gasteiger charge is 2.38. The number of allylic oxidation sites excluding steroid dienone is 2. The zero-order chi connectivity index (χ0) is 35.0. The highest BCUT2D eigenvalue weighted by molar-refractivity contribution is 5.22. The minimum Gasteiger partial charge on any atom is -0.362 e. The van der Waals surface area contributed by atoms with Crippen molar-refractivity contribution in [1.29, 1.82) is 0 Å². The van der Waals surface area contributed by atoms with Gasteiger partial charge in [0.25, 0.3) is 0 Å². The second kappa shape index (κ2) is 32.3. The molecule has 1 aliphatic rings. The van der Waals surface area contributed by atoms with E-state index < -0.39 is 5.79 Å². The summed E-state index contributed by atoms with van der Waals surface area (Å²) in [5.74, 6) is -1.14. The second-order valence-electron chi connectivity index (χ2n) is 16.3. The van der Waals surface area contributed by atoms with Gasteiger partial charge in [0.15, 0.2) is 5.79 Å². The third kappa shape index (κ3) is 25.4. The summed E-state index contributed by atoms with van der Waals surface area (Å²) in [6.45, 7) is 10.7. The van der Waals surface area contributed by atoms with Gasteiger partial charge < -0.3 is 10.2 Å². The number of hydrogen-bond donors (Lipinski definition) is 2. The van der Waals surface area contributed by atoms with Gasteiger partial charge in [0.1, 0.15) is 0 Å². The zero-order valence-electron chi connectivity index (χ0n) is 33.3. The Hall–Kier alpha value is -0.600. The molecule has 0 aromatic rings. The molecule has 1 unspecified atom stereocenters. The fourth-order valence-corrected chi connectivity index (χ4v) is 8.18. The molecule has 0 spiro atoms. The molecule has 48 heavy (non-hydrogen) atoms. The number of rotatable bonds is 36. The molecular formula is C46H88O2. The maximum atomic E-state index is 11.1. The Kier molecular flexibility index (Phi) is 30.6. The third-order valence-corrected chi connectivity index (χ3v) is 11.6. The van der Waals surface area contributed by atoms with Gasteiger partial charge in [-0.25, -0.2) is 0 Å². The van der Waals surface area contributed by atoms with Crippen LogP contribution in [-0.2, 0) is 0 Å². The van der Waals surface area contributed by atoms with Gasteiger partial charge in [-0.2, -0.15) is 0 Å². The van der Waals surface area contributed by atoms with E-state index >= 15 is 0 Å². The molecule has 0 amide bonds. The van der Waals surface area contributed by atoms with E-state index in [4.69, 9.17) is 0 Å². The Bertz CT molecular complexity index is 700. The lowest BCUT2D eigenvalue weighted by Gasteiger charge is -2.38. The average Bonchev–Trinajstić information content (AvgIpc) is 3.06. The summed E-state index contributed by atoms with van der Waals surface area (Å²) >= 11 is 0. The van der Waals surface area contributed by atoms with Gasteiger partial charge in [-0.3, -0.25) is 0 Å². The molecule has 0 heterocycles. The van der Waals surface area contributed by atoms with E-state index in [0.29, 0.717) is 12.3 Å². The zero-order valence-corrected chi connectivity index (χ0v) is 33.3. The molecular weight excluding hydrogens is 585 g/mol. The van der Waals surface area contributed by atoms with E-state index in [1.165, 1.54) is 205 Å². The predicted molar refractivity (Wildman–Crippen MR) is 215 cm³/mol. The first-order valence-corrected chi connectivity index (χ1v) is 22.2. The van der Waals surface area contributed by atoms with Crippen LogP contribution in [0.4, 0.5) is 0 Å². The van der Waals surface area contributed by atoms with Gasteiger partial charge in [0, 0.05) is 6.42 Å². The summed E-state index contributed by atoms with van der Waals surface area (Å²) in [5.41, 5.74) is 2.01. The Morgan fingerprint density at radius 1 is 0.542 bits per heavy atom. The summed E-state index contributed by atoms with van der Waals surface area (Å²) in [5, 5.41) is 22.3. The highest BCUT2D eigenvalue weighted by Crippen LogP contribution is 2.41. The van der Waals surface area contributed by atoms with Crippen molar-refractivity contribution in [1.82, 2.24) is 0 Å². The molecule has 284 valence electrons. The minimum absolute atomic E-state index is 0.190. The molecule has 0 saturated carbocycles. The second-order valence-corrected chi connectivity index (χ2v) is 16.3. The van der Waals surface area contributed by atoms with Gasteiger partial charge >= 0.3 is 0 Å². The topological polar surface area (TPSA) is 40.5 Å². The van der Waals surface area contributed by atoms with Crippen molar-refractivity contribution in [3.63, 3.8) is 0 Å². The van der Waals surface area contributed by atoms with Crippen LogP contribution in [-0.4, -0.2) is 16.0 Å². The van der Waals surface area contributed by atoms with Gasteiger partial charge in [-0.05, 0) is 43.6 Å². The Morgan fingerprint density at radius 3 is 1.06 bits per heavy atom. The number of unbranched alkanes of at least 4 members (excludes halogenated alkanes) is 30. The normalized spacial score (nSPS) is 16.1. The third-order valence-electron chi connectivity index (χ3n) is 11.6. The fourth-order valence-electron chi connectivity index (χ4n) is 8.18. The van der Waals surface area contributed by atoms with Crippen LogP contribution in [0.25, 0.3) is 0 Å². The van der Waals surface area contributed by atoms with Crippen LogP contribution in [0.2, 0.25) is 0 Å². The van der Waals surface area contributed by atoms with Crippen molar-refractivity contribution < 1.29 is 10.2 Å². The first-order valence-electron chi connectivity index (χ1n) is 22.2. The van der Waals surface area contributed by atoms with E-state index in [1.807, 2.05) is 6.92 Å². The smallest absolute Gasteiger partial charge is 0.186 e. The van der Waals surface area contributed by atoms with Crippen molar-refractivity contribution in [2.45, 2.75) is 258 Å². The molecule has 1 atom stereocenters.